The van der Waals surface area contributed by atoms with Gasteiger partial charge in [-0.3, -0.25) is 0 Å². The van der Waals surface area contributed by atoms with Crippen LogP contribution in [-0.2, 0) is 0 Å². The van der Waals surface area contributed by atoms with Crippen LogP contribution in [0.15, 0.2) is 0 Å². The molecule has 12 heavy (non-hydrogen) atoms. The van der Waals surface area contributed by atoms with E-state index < -0.39 is 18.2 Å². The molecule has 0 amide bonds. The van der Waals surface area contributed by atoms with Crippen molar-refractivity contribution in [2.45, 2.75) is 18.2 Å². The summed E-state index contributed by atoms with van der Waals surface area (Å²) in [5.74, 6) is -6.12. The van der Waals surface area contributed by atoms with Gasteiger partial charge in [0.15, 0.2) is 0 Å². The molecule has 1 radical (unpaired) electrons. The maximum absolute atomic E-state index is 11.4. The molecule has 0 saturated heterocycles. The first kappa shape index (κ1) is 15.0. The van der Waals surface area contributed by atoms with E-state index in [0.29, 0.717) is 0 Å². The molecule has 0 aromatic rings. The van der Waals surface area contributed by atoms with E-state index >= 15 is 0 Å². The van der Waals surface area contributed by atoms with Crippen LogP contribution in [0, 0.1) is 0 Å². The summed E-state index contributed by atoms with van der Waals surface area (Å²) in [5.41, 5.74) is 0. The first-order valence-electron chi connectivity index (χ1n) is 2.05. The Balaban J connectivity index is 0. The van der Waals surface area contributed by atoms with Gasteiger partial charge >= 0.3 is 18.2 Å². The van der Waals surface area contributed by atoms with Gasteiger partial charge in [-0.15, -0.1) is 0 Å². The van der Waals surface area contributed by atoms with Gasteiger partial charge < -0.3 is 5.11 Å². The number of aliphatic hydroxyl groups is 1. The zero-order chi connectivity index (χ0) is 9.50. The van der Waals surface area contributed by atoms with Crippen LogP contribution in [0.5, 0.6) is 0 Å². The molecular formula is C3HF7NaO. The molecule has 0 spiro atoms. The molecule has 0 aliphatic heterocycles. The second-order valence-electron chi connectivity index (χ2n) is 1.62. The van der Waals surface area contributed by atoms with E-state index in [0.717, 1.165) is 0 Å². The first-order chi connectivity index (χ1) is 4.50. The molecule has 0 bridgehead atoms. The Morgan fingerprint density at radius 1 is 0.667 bits per heavy atom. The maximum Gasteiger partial charge on any atom is 0.458 e. The van der Waals surface area contributed by atoms with Crippen molar-refractivity contribution in [3.63, 3.8) is 0 Å². The van der Waals surface area contributed by atoms with Gasteiger partial charge in [0.05, 0.1) is 0 Å². The van der Waals surface area contributed by atoms with E-state index in [1.807, 2.05) is 0 Å². The molecule has 0 aliphatic rings. The van der Waals surface area contributed by atoms with E-state index in [2.05, 4.69) is 0 Å². The molecule has 0 unspecified atom stereocenters. The SMILES string of the molecule is OC(F)(C(F)(F)F)C(F)(F)F.[Na]. The van der Waals surface area contributed by atoms with E-state index in [4.69, 9.17) is 5.11 Å². The van der Waals surface area contributed by atoms with Crippen LogP contribution in [0.1, 0.15) is 0 Å². The van der Waals surface area contributed by atoms with Crippen molar-refractivity contribution in [2.75, 3.05) is 0 Å². The van der Waals surface area contributed by atoms with Gasteiger partial charge in [-0.1, -0.05) is 0 Å². The molecular weight excluding hydrogens is 208 g/mol. The first-order valence-corrected chi connectivity index (χ1v) is 2.05. The van der Waals surface area contributed by atoms with Crippen molar-refractivity contribution in [3.8, 4) is 0 Å². The quantitative estimate of drug-likeness (QED) is 0.472. The minimum absolute atomic E-state index is 0. The zero-order valence-electron chi connectivity index (χ0n) is 5.59. The minimum Gasteiger partial charge on any atom is -0.348 e. The van der Waals surface area contributed by atoms with E-state index in [1.54, 1.807) is 0 Å². The van der Waals surface area contributed by atoms with Crippen molar-refractivity contribution in [3.05, 3.63) is 0 Å². The molecule has 0 fully saturated rings. The summed E-state index contributed by atoms with van der Waals surface area (Å²) < 4.78 is 77.3. The maximum atomic E-state index is 11.4. The molecule has 0 aromatic heterocycles. The van der Waals surface area contributed by atoms with Crippen molar-refractivity contribution in [2.24, 2.45) is 0 Å². The number of alkyl halides is 7. The fourth-order valence-corrected chi connectivity index (χ4v) is 0.161. The van der Waals surface area contributed by atoms with Crippen LogP contribution < -0.4 is 0 Å². The normalized spacial score (nSPS) is 14.0. The molecule has 1 N–H and O–H groups in total. The van der Waals surface area contributed by atoms with Crippen LogP contribution >= 0.6 is 0 Å². The molecule has 1 nitrogen and oxygen atoms in total. The van der Waals surface area contributed by atoms with Crippen molar-refractivity contribution < 1.29 is 35.8 Å². The molecule has 69 valence electrons. The summed E-state index contributed by atoms with van der Waals surface area (Å²) in [6.45, 7) is 0. The second kappa shape index (κ2) is 3.69. The predicted octanol–water partition coefficient (Wildman–Crippen LogP) is 1.39. The van der Waals surface area contributed by atoms with Crippen LogP contribution in [0.3, 0.4) is 0 Å². The standard InChI is InChI=1S/C3HF7O.Na/c4-1(11,2(5,6)7)3(8,9)10;/h11H;. The Bertz CT molecular complexity index is 130. The van der Waals surface area contributed by atoms with Gasteiger partial charge in [0.2, 0.25) is 0 Å². The molecule has 0 atom stereocenters. The van der Waals surface area contributed by atoms with Crippen molar-refractivity contribution >= 4 is 29.6 Å². The van der Waals surface area contributed by atoms with Gasteiger partial charge in [-0.25, -0.2) is 0 Å². The average Bonchev–Trinajstić information content (AvgIpc) is 1.58. The van der Waals surface area contributed by atoms with E-state index in [9.17, 15) is 30.7 Å². The number of hydrogen-bond acceptors (Lipinski definition) is 1. The largest absolute Gasteiger partial charge is 0.458 e. The third-order valence-electron chi connectivity index (χ3n) is 0.751. The van der Waals surface area contributed by atoms with Crippen LogP contribution in [0.25, 0.3) is 0 Å². The number of hydrogen-bond donors (Lipinski definition) is 1. The van der Waals surface area contributed by atoms with Crippen molar-refractivity contribution in [1.29, 1.82) is 0 Å². The summed E-state index contributed by atoms with van der Waals surface area (Å²) in [6, 6.07) is 0. The van der Waals surface area contributed by atoms with Gasteiger partial charge in [0.1, 0.15) is 0 Å². The van der Waals surface area contributed by atoms with Crippen molar-refractivity contribution in [1.82, 2.24) is 0 Å². The Labute approximate surface area is 83.8 Å². The zero-order valence-corrected chi connectivity index (χ0v) is 7.59. The fourth-order valence-electron chi connectivity index (χ4n) is 0.161. The summed E-state index contributed by atoms with van der Waals surface area (Å²) in [5, 5.41) is 7.27. The van der Waals surface area contributed by atoms with Gasteiger partial charge in [-0.2, -0.15) is 30.7 Å². The van der Waals surface area contributed by atoms with Crippen LogP contribution in [0.2, 0.25) is 0 Å². The molecule has 0 saturated carbocycles. The Kier molecular flexibility index (Phi) is 4.60. The molecule has 0 heterocycles. The van der Waals surface area contributed by atoms with Gasteiger partial charge in [0.25, 0.3) is 0 Å². The van der Waals surface area contributed by atoms with Crippen LogP contribution in [0.4, 0.5) is 30.7 Å². The third-order valence-corrected chi connectivity index (χ3v) is 0.751. The minimum atomic E-state index is -6.36. The van der Waals surface area contributed by atoms with E-state index in [-0.39, 0.29) is 29.6 Å². The van der Waals surface area contributed by atoms with Gasteiger partial charge in [-0.05, 0) is 0 Å². The fraction of sp³-hybridized carbons (Fsp3) is 1.00. The molecule has 0 aliphatic carbocycles. The molecule has 0 aromatic carbocycles. The summed E-state index contributed by atoms with van der Waals surface area (Å²) in [7, 11) is 0. The number of rotatable bonds is 0. The van der Waals surface area contributed by atoms with Gasteiger partial charge in [0, 0.05) is 29.6 Å². The predicted molar refractivity (Wildman–Crippen MR) is 23.9 cm³/mol. The monoisotopic (exact) mass is 209 g/mol. The summed E-state index contributed by atoms with van der Waals surface area (Å²) in [6.07, 6.45) is -12.7. The van der Waals surface area contributed by atoms with Crippen LogP contribution in [-0.4, -0.2) is 52.9 Å². The second-order valence-corrected chi connectivity index (χ2v) is 1.62. The Hall–Kier alpha value is 0.470. The topological polar surface area (TPSA) is 20.2 Å². The summed E-state index contributed by atoms with van der Waals surface area (Å²) in [4.78, 5) is 0. The van der Waals surface area contributed by atoms with E-state index in [1.165, 1.54) is 0 Å². The number of halogens is 7. The Morgan fingerprint density at radius 2 is 0.833 bits per heavy atom. The molecule has 0 rings (SSSR count). The third kappa shape index (κ3) is 2.75. The Morgan fingerprint density at radius 3 is 0.833 bits per heavy atom. The average molecular weight is 209 g/mol. The summed E-state index contributed by atoms with van der Waals surface area (Å²) >= 11 is 0. The smallest absolute Gasteiger partial charge is 0.348 e. The molecule has 9 heteroatoms.